The Hall–Kier alpha value is -1.16. The molecule has 1 aromatic rings. The first-order chi connectivity index (χ1) is 8.78. The zero-order chi connectivity index (χ0) is 12.8. The van der Waals surface area contributed by atoms with Gasteiger partial charge in [0, 0.05) is 31.3 Å². The molecule has 1 aliphatic heterocycles. The largest absolute Gasteiger partial charge is 0.369 e. The van der Waals surface area contributed by atoms with Crippen LogP contribution in [0.25, 0.3) is 0 Å². The molecule has 100 valence electrons. The van der Waals surface area contributed by atoms with Gasteiger partial charge in [0.05, 0.1) is 0 Å². The Kier molecular flexibility index (Phi) is 4.93. The van der Waals surface area contributed by atoms with Crippen LogP contribution in [0.15, 0.2) is 6.07 Å². The summed E-state index contributed by atoms with van der Waals surface area (Å²) in [6.45, 7) is 8.71. The van der Waals surface area contributed by atoms with Crippen molar-refractivity contribution in [2.45, 2.75) is 39.5 Å². The van der Waals surface area contributed by atoms with E-state index >= 15 is 0 Å². The summed E-state index contributed by atoms with van der Waals surface area (Å²) in [4.78, 5) is 11.4. The van der Waals surface area contributed by atoms with E-state index in [1.165, 1.54) is 32.4 Å². The zero-order valence-electron chi connectivity index (χ0n) is 11.6. The van der Waals surface area contributed by atoms with Crippen LogP contribution in [0, 0.1) is 6.92 Å². The minimum atomic E-state index is 0.891. The fourth-order valence-electron chi connectivity index (χ4n) is 2.40. The topological polar surface area (TPSA) is 41.1 Å². The predicted molar refractivity (Wildman–Crippen MR) is 74.9 cm³/mol. The van der Waals surface area contributed by atoms with Gasteiger partial charge in [0.15, 0.2) is 0 Å². The highest BCUT2D eigenvalue weighted by Crippen LogP contribution is 2.09. The lowest BCUT2D eigenvalue weighted by Crippen LogP contribution is -2.33. The molecule has 0 unspecified atom stereocenters. The number of aromatic nitrogens is 2. The van der Waals surface area contributed by atoms with Gasteiger partial charge in [-0.15, -0.1) is 0 Å². The summed E-state index contributed by atoms with van der Waals surface area (Å²) in [5.41, 5.74) is 1.04. The van der Waals surface area contributed by atoms with E-state index in [1.807, 2.05) is 13.0 Å². The monoisotopic (exact) mass is 248 g/mol. The van der Waals surface area contributed by atoms with Crippen LogP contribution in [-0.2, 0) is 6.42 Å². The number of likely N-dealkylation sites (tertiary alicyclic amines) is 1. The standard InChI is InChI=1S/C14H24N4/c1-3-13-16-12(2)11-14(17-13)15-7-10-18-8-5-4-6-9-18/h11H,3-10H2,1-2H3,(H,15,16,17). The Balaban J connectivity index is 1.80. The minimum Gasteiger partial charge on any atom is -0.369 e. The summed E-state index contributed by atoms with van der Waals surface area (Å²) in [6.07, 6.45) is 5.00. The number of anilines is 1. The van der Waals surface area contributed by atoms with Crippen LogP contribution in [0.5, 0.6) is 0 Å². The number of hydrogen-bond acceptors (Lipinski definition) is 4. The summed E-state index contributed by atoms with van der Waals surface area (Å²) in [6, 6.07) is 2.02. The highest BCUT2D eigenvalue weighted by atomic mass is 15.1. The lowest BCUT2D eigenvalue weighted by molar-refractivity contribution is 0.237. The molecule has 1 fully saturated rings. The Bertz CT molecular complexity index is 372. The van der Waals surface area contributed by atoms with Gasteiger partial charge in [-0.25, -0.2) is 9.97 Å². The molecule has 0 amide bonds. The average Bonchev–Trinajstić information content (AvgIpc) is 2.39. The third kappa shape index (κ3) is 3.95. The minimum absolute atomic E-state index is 0.891. The second-order valence-corrected chi connectivity index (χ2v) is 4.99. The highest BCUT2D eigenvalue weighted by molar-refractivity contribution is 5.35. The maximum absolute atomic E-state index is 4.49. The summed E-state index contributed by atoms with van der Waals surface area (Å²) in [7, 11) is 0. The van der Waals surface area contributed by atoms with E-state index in [9.17, 15) is 0 Å². The molecule has 2 heterocycles. The fraction of sp³-hybridized carbons (Fsp3) is 0.714. The molecule has 0 aromatic carbocycles. The summed E-state index contributed by atoms with van der Waals surface area (Å²) in [5, 5.41) is 3.41. The fourth-order valence-corrected chi connectivity index (χ4v) is 2.40. The number of nitrogens with zero attached hydrogens (tertiary/aromatic N) is 3. The van der Waals surface area contributed by atoms with Crippen molar-refractivity contribution in [2.75, 3.05) is 31.5 Å². The summed E-state index contributed by atoms with van der Waals surface area (Å²) in [5.74, 6) is 1.90. The lowest BCUT2D eigenvalue weighted by Gasteiger charge is -2.26. The number of piperidine rings is 1. The first kappa shape index (κ1) is 13.3. The van der Waals surface area contributed by atoms with E-state index in [2.05, 4.69) is 27.1 Å². The molecule has 1 aliphatic rings. The SMILES string of the molecule is CCc1nc(C)cc(NCCN2CCCCC2)n1. The summed E-state index contributed by atoms with van der Waals surface area (Å²) >= 11 is 0. The number of rotatable bonds is 5. The van der Waals surface area contributed by atoms with Gasteiger partial charge in [-0.2, -0.15) is 0 Å². The van der Waals surface area contributed by atoms with Crippen LogP contribution in [0.2, 0.25) is 0 Å². The van der Waals surface area contributed by atoms with Gasteiger partial charge >= 0.3 is 0 Å². The van der Waals surface area contributed by atoms with Crippen LogP contribution in [-0.4, -0.2) is 41.0 Å². The molecule has 0 aliphatic carbocycles. The number of hydrogen-bond donors (Lipinski definition) is 1. The van der Waals surface area contributed by atoms with Crippen LogP contribution in [0.1, 0.15) is 37.7 Å². The highest BCUT2D eigenvalue weighted by Gasteiger charge is 2.09. The maximum Gasteiger partial charge on any atom is 0.130 e. The molecule has 0 atom stereocenters. The summed E-state index contributed by atoms with van der Waals surface area (Å²) < 4.78 is 0. The molecule has 1 aromatic heterocycles. The van der Waals surface area contributed by atoms with Crippen LogP contribution >= 0.6 is 0 Å². The Morgan fingerprint density at radius 1 is 1.22 bits per heavy atom. The van der Waals surface area contributed by atoms with Crippen LogP contribution in [0.3, 0.4) is 0 Å². The molecule has 1 N–H and O–H groups in total. The zero-order valence-corrected chi connectivity index (χ0v) is 11.6. The van der Waals surface area contributed by atoms with Crippen molar-refractivity contribution in [3.05, 3.63) is 17.6 Å². The smallest absolute Gasteiger partial charge is 0.130 e. The van der Waals surface area contributed by atoms with Crippen molar-refractivity contribution in [3.63, 3.8) is 0 Å². The van der Waals surface area contributed by atoms with E-state index in [1.54, 1.807) is 0 Å². The molecular weight excluding hydrogens is 224 g/mol. The van der Waals surface area contributed by atoms with Crippen molar-refractivity contribution in [1.82, 2.24) is 14.9 Å². The van der Waals surface area contributed by atoms with E-state index in [0.717, 1.165) is 36.8 Å². The van der Waals surface area contributed by atoms with Gasteiger partial charge in [-0.1, -0.05) is 13.3 Å². The molecule has 4 nitrogen and oxygen atoms in total. The van der Waals surface area contributed by atoms with Crippen molar-refractivity contribution in [1.29, 1.82) is 0 Å². The predicted octanol–water partition coefficient (Wildman–Crippen LogP) is 2.25. The molecule has 0 radical (unpaired) electrons. The van der Waals surface area contributed by atoms with Crippen LogP contribution < -0.4 is 5.32 Å². The second kappa shape index (κ2) is 6.69. The van der Waals surface area contributed by atoms with Crippen molar-refractivity contribution in [2.24, 2.45) is 0 Å². The number of aryl methyl sites for hydroxylation is 2. The van der Waals surface area contributed by atoms with E-state index in [-0.39, 0.29) is 0 Å². The molecule has 2 rings (SSSR count). The van der Waals surface area contributed by atoms with Crippen molar-refractivity contribution < 1.29 is 0 Å². The van der Waals surface area contributed by atoms with Crippen LogP contribution in [0.4, 0.5) is 5.82 Å². The molecule has 0 spiro atoms. The van der Waals surface area contributed by atoms with Gasteiger partial charge in [0.25, 0.3) is 0 Å². The molecule has 18 heavy (non-hydrogen) atoms. The van der Waals surface area contributed by atoms with E-state index in [4.69, 9.17) is 0 Å². The first-order valence-electron chi connectivity index (χ1n) is 7.08. The average molecular weight is 248 g/mol. The van der Waals surface area contributed by atoms with Crippen molar-refractivity contribution in [3.8, 4) is 0 Å². The Morgan fingerprint density at radius 2 is 2.00 bits per heavy atom. The first-order valence-corrected chi connectivity index (χ1v) is 7.08. The molecule has 1 saturated heterocycles. The van der Waals surface area contributed by atoms with E-state index < -0.39 is 0 Å². The Labute approximate surface area is 110 Å². The molecular formula is C14H24N4. The van der Waals surface area contributed by atoms with Crippen molar-refractivity contribution >= 4 is 5.82 Å². The third-order valence-corrected chi connectivity index (χ3v) is 3.40. The van der Waals surface area contributed by atoms with E-state index in [0.29, 0.717) is 0 Å². The number of nitrogens with one attached hydrogen (secondary N) is 1. The quantitative estimate of drug-likeness (QED) is 0.867. The van der Waals surface area contributed by atoms with Gasteiger partial charge in [-0.05, 0) is 32.9 Å². The second-order valence-electron chi connectivity index (χ2n) is 4.99. The van der Waals surface area contributed by atoms with Gasteiger partial charge in [0.2, 0.25) is 0 Å². The Morgan fingerprint density at radius 3 is 2.72 bits per heavy atom. The molecule has 4 heteroatoms. The molecule has 0 saturated carbocycles. The van der Waals surface area contributed by atoms with Gasteiger partial charge in [0.1, 0.15) is 11.6 Å². The van der Waals surface area contributed by atoms with Gasteiger partial charge < -0.3 is 10.2 Å². The van der Waals surface area contributed by atoms with Gasteiger partial charge in [-0.3, -0.25) is 0 Å². The normalized spacial score (nSPS) is 16.8. The molecule has 0 bridgehead atoms. The maximum atomic E-state index is 4.49. The third-order valence-electron chi connectivity index (χ3n) is 3.40. The lowest BCUT2D eigenvalue weighted by atomic mass is 10.1.